The Morgan fingerprint density at radius 1 is 1.39 bits per heavy atom. The summed E-state index contributed by atoms with van der Waals surface area (Å²) in [6.07, 6.45) is 2.64. The number of nitrogens with one attached hydrogen (secondary N) is 1. The Bertz CT molecular complexity index is 535. The number of carbonyl (C=O) groups excluding carboxylic acids is 1. The molecule has 1 rings (SSSR count). The number of amides is 1. The lowest BCUT2D eigenvalue weighted by Gasteiger charge is -2.20. The van der Waals surface area contributed by atoms with Crippen molar-refractivity contribution in [3.8, 4) is 0 Å². The van der Waals surface area contributed by atoms with E-state index in [1.807, 2.05) is 0 Å². The fourth-order valence-electron chi connectivity index (χ4n) is 1.47. The Morgan fingerprint density at radius 3 is 2.33 bits per heavy atom. The molecule has 0 heterocycles. The summed E-state index contributed by atoms with van der Waals surface area (Å²) in [4.78, 5) is 11.4. The van der Waals surface area contributed by atoms with Crippen molar-refractivity contribution in [2.75, 3.05) is 24.2 Å². The van der Waals surface area contributed by atoms with Crippen LogP contribution in [0.25, 0.3) is 0 Å². The van der Waals surface area contributed by atoms with Gasteiger partial charge in [-0.05, 0) is 24.3 Å². The van der Waals surface area contributed by atoms with Crippen molar-refractivity contribution in [2.45, 2.75) is 0 Å². The summed E-state index contributed by atoms with van der Waals surface area (Å²) in [5, 5.41) is 2.50. The van der Waals surface area contributed by atoms with Crippen LogP contribution in [0.2, 0.25) is 0 Å². The molecule has 0 aliphatic rings. The highest BCUT2D eigenvalue weighted by Gasteiger charge is 2.15. The highest BCUT2D eigenvalue weighted by Crippen LogP contribution is 2.18. The smallest absolute Gasteiger partial charge is 0.251 e. The van der Waals surface area contributed by atoms with E-state index in [0.29, 0.717) is 11.3 Å². The zero-order valence-corrected chi connectivity index (χ0v) is 11.2. The molecule has 0 unspecified atom stereocenters. The van der Waals surface area contributed by atoms with Crippen LogP contribution in [0.5, 0.6) is 0 Å². The minimum atomic E-state index is -3.36. The first-order chi connectivity index (χ1) is 8.40. The van der Waals surface area contributed by atoms with Crippen LogP contribution in [0.4, 0.5) is 5.69 Å². The Kier molecular flexibility index (Phi) is 4.49. The van der Waals surface area contributed by atoms with Gasteiger partial charge in [-0.15, -0.1) is 6.58 Å². The van der Waals surface area contributed by atoms with Gasteiger partial charge in [0.2, 0.25) is 10.0 Å². The van der Waals surface area contributed by atoms with Crippen LogP contribution in [0.15, 0.2) is 36.9 Å². The summed E-state index contributed by atoms with van der Waals surface area (Å²) in [7, 11) is -1.82. The molecule has 1 aromatic carbocycles. The molecule has 0 aliphatic heterocycles. The molecule has 0 atom stereocenters. The summed E-state index contributed by atoms with van der Waals surface area (Å²) >= 11 is 0. The van der Waals surface area contributed by atoms with Gasteiger partial charge in [-0.1, -0.05) is 6.08 Å². The molecule has 0 aliphatic carbocycles. The molecule has 0 saturated heterocycles. The van der Waals surface area contributed by atoms with E-state index in [-0.39, 0.29) is 12.5 Å². The van der Waals surface area contributed by atoms with Gasteiger partial charge < -0.3 is 5.32 Å². The van der Waals surface area contributed by atoms with Gasteiger partial charge in [-0.3, -0.25) is 9.10 Å². The first-order valence-corrected chi connectivity index (χ1v) is 7.15. The largest absolute Gasteiger partial charge is 0.355 e. The van der Waals surface area contributed by atoms with E-state index in [0.717, 1.165) is 6.26 Å². The van der Waals surface area contributed by atoms with Crippen molar-refractivity contribution in [1.29, 1.82) is 0 Å². The van der Waals surface area contributed by atoms with E-state index in [1.54, 1.807) is 24.3 Å². The zero-order valence-electron chi connectivity index (χ0n) is 10.4. The molecule has 0 spiro atoms. The molecule has 5 nitrogen and oxygen atoms in total. The molecule has 0 saturated carbocycles. The van der Waals surface area contributed by atoms with Gasteiger partial charge in [-0.2, -0.15) is 0 Å². The average molecular weight is 268 g/mol. The van der Waals surface area contributed by atoms with E-state index in [9.17, 15) is 13.2 Å². The van der Waals surface area contributed by atoms with Crippen molar-refractivity contribution in [3.05, 3.63) is 42.5 Å². The Balaban J connectivity index is 3.09. The summed E-state index contributed by atoms with van der Waals surface area (Å²) in [5.41, 5.74) is 0.985. The fraction of sp³-hybridized carbons (Fsp3) is 0.250. The Morgan fingerprint density at radius 2 is 1.94 bits per heavy atom. The second kappa shape index (κ2) is 5.68. The highest BCUT2D eigenvalue weighted by molar-refractivity contribution is 7.92. The van der Waals surface area contributed by atoms with Crippen LogP contribution in [0, 0.1) is 0 Å². The van der Waals surface area contributed by atoms with E-state index in [1.165, 1.54) is 17.4 Å². The van der Waals surface area contributed by atoms with Crippen molar-refractivity contribution in [3.63, 3.8) is 0 Å². The molecular formula is C12H16N2O3S. The van der Waals surface area contributed by atoms with Gasteiger partial charge in [0.25, 0.3) is 5.91 Å². The molecule has 1 amide bonds. The van der Waals surface area contributed by atoms with Gasteiger partial charge in [0.05, 0.1) is 18.5 Å². The molecule has 1 N–H and O–H groups in total. The lowest BCUT2D eigenvalue weighted by Crippen LogP contribution is -2.30. The van der Waals surface area contributed by atoms with Crippen LogP contribution in [0.3, 0.4) is 0 Å². The minimum absolute atomic E-state index is 0.193. The number of hydrogen-bond acceptors (Lipinski definition) is 3. The highest BCUT2D eigenvalue weighted by atomic mass is 32.2. The predicted molar refractivity (Wildman–Crippen MR) is 72.2 cm³/mol. The Hall–Kier alpha value is -1.82. The van der Waals surface area contributed by atoms with E-state index >= 15 is 0 Å². The Labute approximate surface area is 107 Å². The predicted octanol–water partition coefficient (Wildman–Crippen LogP) is 0.998. The van der Waals surface area contributed by atoms with Gasteiger partial charge in [0.15, 0.2) is 0 Å². The second-order valence-corrected chi connectivity index (χ2v) is 5.62. The molecule has 6 heteroatoms. The molecular weight excluding hydrogens is 252 g/mol. The summed E-state index contributed by atoms with van der Waals surface area (Å²) in [5.74, 6) is -0.212. The zero-order chi connectivity index (χ0) is 13.8. The van der Waals surface area contributed by atoms with Gasteiger partial charge in [0, 0.05) is 12.6 Å². The number of benzene rings is 1. The lowest BCUT2D eigenvalue weighted by molar-refractivity contribution is 0.0963. The maximum Gasteiger partial charge on any atom is 0.251 e. The van der Waals surface area contributed by atoms with Crippen molar-refractivity contribution >= 4 is 21.6 Å². The van der Waals surface area contributed by atoms with Crippen LogP contribution in [0.1, 0.15) is 10.4 Å². The summed E-state index contributed by atoms with van der Waals surface area (Å²) < 4.78 is 24.4. The fourth-order valence-corrected chi connectivity index (χ4v) is 2.35. The van der Waals surface area contributed by atoms with Gasteiger partial charge in [0.1, 0.15) is 0 Å². The summed E-state index contributed by atoms with van der Waals surface area (Å²) in [6.45, 7) is 3.72. The molecule has 0 radical (unpaired) electrons. The third-order valence-corrected chi connectivity index (χ3v) is 3.50. The second-order valence-electron chi connectivity index (χ2n) is 3.71. The van der Waals surface area contributed by atoms with E-state index in [4.69, 9.17) is 0 Å². The topological polar surface area (TPSA) is 66.5 Å². The molecule has 0 bridgehead atoms. The van der Waals surface area contributed by atoms with Crippen LogP contribution >= 0.6 is 0 Å². The van der Waals surface area contributed by atoms with Crippen molar-refractivity contribution in [1.82, 2.24) is 5.32 Å². The maximum absolute atomic E-state index is 11.6. The molecule has 1 aromatic rings. The standard InChI is InChI=1S/C12H16N2O3S/c1-4-9-14(18(3,16)17)11-7-5-10(6-8-11)12(15)13-2/h4-8H,1,9H2,2-3H3,(H,13,15). The number of carbonyl (C=O) groups is 1. The number of nitrogens with zero attached hydrogens (tertiary/aromatic N) is 1. The quantitative estimate of drug-likeness (QED) is 0.810. The molecule has 0 fully saturated rings. The van der Waals surface area contributed by atoms with E-state index < -0.39 is 10.0 Å². The maximum atomic E-state index is 11.6. The number of rotatable bonds is 5. The third-order valence-electron chi connectivity index (χ3n) is 2.34. The molecule has 98 valence electrons. The average Bonchev–Trinajstić information content (AvgIpc) is 2.34. The monoisotopic (exact) mass is 268 g/mol. The number of anilines is 1. The molecule has 0 aromatic heterocycles. The van der Waals surface area contributed by atoms with Gasteiger partial charge in [-0.25, -0.2) is 8.42 Å². The summed E-state index contributed by atoms with van der Waals surface area (Å²) in [6, 6.07) is 6.34. The van der Waals surface area contributed by atoms with Crippen LogP contribution in [-0.4, -0.2) is 34.2 Å². The normalized spacial score (nSPS) is 10.8. The van der Waals surface area contributed by atoms with Crippen molar-refractivity contribution < 1.29 is 13.2 Å². The SMILES string of the molecule is C=CCN(c1ccc(C(=O)NC)cc1)S(C)(=O)=O. The third kappa shape index (κ3) is 3.33. The van der Waals surface area contributed by atoms with Crippen molar-refractivity contribution in [2.24, 2.45) is 0 Å². The first kappa shape index (κ1) is 14.2. The molecule has 18 heavy (non-hydrogen) atoms. The van der Waals surface area contributed by atoms with Crippen LogP contribution in [-0.2, 0) is 10.0 Å². The lowest BCUT2D eigenvalue weighted by atomic mass is 10.2. The van der Waals surface area contributed by atoms with E-state index in [2.05, 4.69) is 11.9 Å². The first-order valence-electron chi connectivity index (χ1n) is 5.31. The van der Waals surface area contributed by atoms with Crippen LogP contribution < -0.4 is 9.62 Å². The number of hydrogen-bond donors (Lipinski definition) is 1. The number of sulfonamides is 1. The van der Waals surface area contributed by atoms with Gasteiger partial charge >= 0.3 is 0 Å². The minimum Gasteiger partial charge on any atom is -0.355 e.